The Balaban J connectivity index is 1.45. The lowest BCUT2D eigenvalue weighted by atomic mass is 9.63. The number of nitrogens with zero attached hydrogens (tertiary/aromatic N) is 3. The molecule has 1 spiro atoms. The number of nitriles is 1. The third-order valence-corrected chi connectivity index (χ3v) is 9.25. The summed E-state index contributed by atoms with van der Waals surface area (Å²) in [5.74, 6) is 0.473. The van der Waals surface area contributed by atoms with Crippen LogP contribution >= 0.6 is 0 Å². The molecule has 200 valence electrons. The van der Waals surface area contributed by atoms with E-state index in [2.05, 4.69) is 37.4 Å². The first-order valence-corrected chi connectivity index (χ1v) is 13.4. The maximum atomic E-state index is 14.1. The summed E-state index contributed by atoms with van der Waals surface area (Å²) in [6.07, 6.45) is 4.04. The average molecular weight is 516 g/mol. The molecule has 2 aromatic carbocycles. The smallest absolute Gasteiger partial charge is 0.321 e. The minimum Gasteiger partial charge on any atom is -0.497 e. The highest BCUT2D eigenvalue weighted by molar-refractivity contribution is 5.88. The van der Waals surface area contributed by atoms with Crippen molar-refractivity contribution in [1.29, 1.82) is 5.26 Å². The third kappa shape index (κ3) is 4.29. The molecule has 0 unspecified atom stereocenters. The van der Waals surface area contributed by atoms with Crippen LogP contribution in [0.4, 0.5) is 4.79 Å². The van der Waals surface area contributed by atoms with Crippen LogP contribution in [0.5, 0.6) is 5.75 Å². The molecule has 3 fully saturated rings. The van der Waals surface area contributed by atoms with Gasteiger partial charge in [-0.1, -0.05) is 42.5 Å². The number of hydrogen-bond acceptors (Lipinski definition) is 5. The second-order valence-corrected chi connectivity index (χ2v) is 11.7. The number of nitrogens with one attached hydrogen (secondary N) is 1. The molecule has 0 atom stereocenters. The fraction of sp³-hybridized carbons (Fsp3) is 0.500. The highest BCUT2D eigenvalue weighted by atomic mass is 16.5. The van der Waals surface area contributed by atoms with Gasteiger partial charge in [0.05, 0.1) is 24.3 Å². The number of carbonyl (C=O) groups is 2. The van der Waals surface area contributed by atoms with Crippen LogP contribution in [-0.4, -0.2) is 52.0 Å². The number of amides is 3. The number of hydrogen-bond donors (Lipinski definition) is 2. The number of urea groups is 1. The van der Waals surface area contributed by atoms with Gasteiger partial charge in [0, 0.05) is 12.1 Å². The van der Waals surface area contributed by atoms with Crippen LogP contribution in [0, 0.1) is 11.3 Å². The van der Waals surface area contributed by atoms with Crippen LogP contribution in [0.2, 0.25) is 0 Å². The summed E-state index contributed by atoms with van der Waals surface area (Å²) in [6.45, 7) is 4.56. The van der Waals surface area contributed by atoms with E-state index in [0.29, 0.717) is 45.1 Å². The van der Waals surface area contributed by atoms with E-state index in [4.69, 9.17) is 10.5 Å². The first-order chi connectivity index (χ1) is 18.1. The zero-order chi connectivity index (χ0) is 27.2. The number of rotatable bonds is 7. The Morgan fingerprint density at radius 1 is 1.00 bits per heavy atom. The fourth-order valence-corrected chi connectivity index (χ4v) is 6.44. The van der Waals surface area contributed by atoms with E-state index in [9.17, 15) is 14.9 Å². The van der Waals surface area contributed by atoms with Crippen LogP contribution in [-0.2, 0) is 16.9 Å². The zero-order valence-electron chi connectivity index (χ0n) is 22.5. The predicted molar refractivity (Wildman–Crippen MR) is 144 cm³/mol. The number of carbonyl (C=O) groups excluding carboxylic acids is 2. The monoisotopic (exact) mass is 515 g/mol. The average Bonchev–Trinajstić information content (AvgIpc) is 3.68. The Morgan fingerprint density at radius 2 is 1.63 bits per heavy atom. The Hall–Kier alpha value is -3.57. The maximum Gasteiger partial charge on any atom is 0.321 e. The highest BCUT2D eigenvalue weighted by Crippen LogP contribution is 2.53. The van der Waals surface area contributed by atoms with E-state index < -0.39 is 22.2 Å². The Labute approximate surface area is 224 Å². The van der Waals surface area contributed by atoms with E-state index in [1.807, 2.05) is 47.4 Å². The molecule has 3 aliphatic rings. The minimum absolute atomic E-state index is 0.0757. The lowest BCUT2D eigenvalue weighted by Gasteiger charge is -2.52. The standard InChI is InChI=1S/C30H37N5O3/c1-27(2)30(17-15-29(32,16-18-30)23-7-5-4-6-8-23)35(20-25(36)33-28(21-31)13-14-28)26(37)34(27)19-22-9-11-24(38-3)12-10-22/h4-12H,13-20,32H2,1-3H3,(H,33,36). The first-order valence-electron chi connectivity index (χ1n) is 13.4. The molecule has 5 rings (SSSR count). The van der Waals surface area contributed by atoms with Crippen molar-refractivity contribution in [2.75, 3.05) is 13.7 Å². The van der Waals surface area contributed by atoms with Crippen LogP contribution in [0.15, 0.2) is 54.6 Å². The van der Waals surface area contributed by atoms with Crippen molar-refractivity contribution in [1.82, 2.24) is 15.1 Å². The second kappa shape index (κ2) is 9.32. The van der Waals surface area contributed by atoms with E-state index in [1.54, 1.807) is 12.0 Å². The van der Waals surface area contributed by atoms with Crippen molar-refractivity contribution in [2.24, 2.45) is 5.73 Å². The quantitative estimate of drug-likeness (QED) is 0.578. The van der Waals surface area contributed by atoms with Crippen molar-refractivity contribution < 1.29 is 14.3 Å². The normalized spacial score (nSPS) is 27.2. The minimum atomic E-state index is -0.780. The first kappa shape index (κ1) is 26.1. The van der Waals surface area contributed by atoms with Crippen LogP contribution in [0.3, 0.4) is 0 Å². The molecule has 38 heavy (non-hydrogen) atoms. The molecule has 1 aliphatic heterocycles. The molecule has 0 bridgehead atoms. The molecule has 2 saturated carbocycles. The number of nitrogens with two attached hydrogens (primary N) is 1. The predicted octanol–water partition coefficient (Wildman–Crippen LogP) is 4.05. The molecular weight excluding hydrogens is 478 g/mol. The van der Waals surface area contributed by atoms with Gasteiger partial charge < -0.3 is 25.6 Å². The molecule has 8 heteroatoms. The number of ether oxygens (including phenoxy) is 1. The van der Waals surface area contributed by atoms with Crippen molar-refractivity contribution in [3.05, 3.63) is 65.7 Å². The summed E-state index contributed by atoms with van der Waals surface area (Å²) >= 11 is 0. The van der Waals surface area contributed by atoms with Gasteiger partial charge in [-0.15, -0.1) is 0 Å². The highest BCUT2D eigenvalue weighted by Gasteiger charge is 2.64. The van der Waals surface area contributed by atoms with Gasteiger partial charge in [-0.25, -0.2) is 4.79 Å². The van der Waals surface area contributed by atoms with Gasteiger partial charge in [0.25, 0.3) is 0 Å². The van der Waals surface area contributed by atoms with Gasteiger partial charge >= 0.3 is 6.03 Å². The Bertz CT molecular complexity index is 1240. The van der Waals surface area contributed by atoms with Gasteiger partial charge in [-0.2, -0.15) is 5.26 Å². The third-order valence-electron chi connectivity index (χ3n) is 9.25. The van der Waals surface area contributed by atoms with Gasteiger partial charge in [-0.3, -0.25) is 4.79 Å². The molecule has 1 saturated heterocycles. The Kier molecular flexibility index (Phi) is 6.39. The summed E-state index contributed by atoms with van der Waals surface area (Å²) < 4.78 is 5.29. The van der Waals surface area contributed by atoms with Crippen molar-refractivity contribution in [3.63, 3.8) is 0 Å². The van der Waals surface area contributed by atoms with E-state index >= 15 is 0 Å². The summed E-state index contributed by atoms with van der Waals surface area (Å²) in [5.41, 5.74) is 6.64. The number of benzene rings is 2. The van der Waals surface area contributed by atoms with E-state index in [1.165, 1.54) is 0 Å². The molecule has 3 N–H and O–H groups in total. The fourth-order valence-electron chi connectivity index (χ4n) is 6.44. The van der Waals surface area contributed by atoms with Gasteiger partial charge in [0.15, 0.2) is 0 Å². The lowest BCUT2D eigenvalue weighted by molar-refractivity contribution is -0.124. The van der Waals surface area contributed by atoms with Crippen molar-refractivity contribution >= 4 is 11.9 Å². The topological polar surface area (TPSA) is 112 Å². The van der Waals surface area contributed by atoms with Crippen LogP contribution in [0.1, 0.15) is 63.5 Å². The van der Waals surface area contributed by atoms with Crippen molar-refractivity contribution in [3.8, 4) is 11.8 Å². The van der Waals surface area contributed by atoms with E-state index in [-0.39, 0.29) is 18.5 Å². The molecule has 2 aliphatic carbocycles. The molecule has 3 amide bonds. The molecule has 8 nitrogen and oxygen atoms in total. The summed E-state index contributed by atoms with van der Waals surface area (Å²) in [6, 6.07) is 19.9. The SMILES string of the molecule is COc1ccc(CN2C(=O)N(CC(=O)NC3(C#N)CC3)C3(CCC(N)(c4ccccc4)CC3)C2(C)C)cc1. The largest absolute Gasteiger partial charge is 0.497 e. The molecular formula is C30H37N5O3. The van der Waals surface area contributed by atoms with Crippen molar-refractivity contribution in [2.45, 2.75) is 81.1 Å². The molecule has 0 radical (unpaired) electrons. The molecule has 1 heterocycles. The van der Waals surface area contributed by atoms with Crippen LogP contribution < -0.4 is 15.8 Å². The van der Waals surface area contributed by atoms with Gasteiger partial charge in [0.2, 0.25) is 5.91 Å². The molecule has 0 aromatic heterocycles. The second-order valence-electron chi connectivity index (χ2n) is 11.7. The molecule has 2 aromatic rings. The summed E-state index contributed by atoms with van der Waals surface area (Å²) in [7, 11) is 1.63. The lowest BCUT2D eigenvalue weighted by Crippen LogP contribution is -2.63. The zero-order valence-corrected chi connectivity index (χ0v) is 22.5. The maximum absolute atomic E-state index is 14.1. The number of methoxy groups -OCH3 is 1. The van der Waals surface area contributed by atoms with Crippen LogP contribution in [0.25, 0.3) is 0 Å². The van der Waals surface area contributed by atoms with Gasteiger partial charge in [-0.05, 0) is 75.6 Å². The summed E-state index contributed by atoms with van der Waals surface area (Å²) in [4.78, 5) is 30.9. The Morgan fingerprint density at radius 3 is 2.18 bits per heavy atom. The summed E-state index contributed by atoms with van der Waals surface area (Å²) in [5, 5.41) is 12.4. The van der Waals surface area contributed by atoms with Gasteiger partial charge in [0.1, 0.15) is 17.8 Å². The van der Waals surface area contributed by atoms with E-state index in [0.717, 1.165) is 16.9 Å².